The number of pyridine rings is 1. The Morgan fingerprint density at radius 2 is 1.69 bits per heavy atom. The van der Waals surface area contributed by atoms with E-state index < -0.39 is 36.0 Å². The normalized spacial score (nSPS) is 15.7. The second kappa shape index (κ2) is 11.3. The van der Waals surface area contributed by atoms with Gasteiger partial charge in [0.1, 0.15) is 11.5 Å². The van der Waals surface area contributed by atoms with Crippen molar-refractivity contribution in [3.8, 4) is 0 Å². The molecule has 36 heavy (non-hydrogen) atoms. The number of carboxylic acid groups (broad SMARTS) is 1. The zero-order chi connectivity index (χ0) is 27.3. The summed E-state index contributed by atoms with van der Waals surface area (Å²) in [6.07, 6.45) is -9.86. The Balaban J connectivity index is 0.000000572. The smallest absolute Gasteiger partial charge is 0.475 e. The van der Waals surface area contributed by atoms with E-state index in [1.54, 1.807) is 0 Å². The molecule has 196 valence electrons. The molecule has 0 radical (unpaired) electrons. The lowest BCUT2D eigenvalue weighted by atomic mass is 10.1. The van der Waals surface area contributed by atoms with Gasteiger partial charge < -0.3 is 26.2 Å². The molecule has 15 heteroatoms. The lowest BCUT2D eigenvalue weighted by Gasteiger charge is -2.16. The number of benzene rings is 1. The first-order valence-electron chi connectivity index (χ1n) is 10.1. The summed E-state index contributed by atoms with van der Waals surface area (Å²) < 4.78 is 70.7. The summed E-state index contributed by atoms with van der Waals surface area (Å²) in [6.45, 7) is 0.470. The molecule has 1 aromatic heterocycles. The Morgan fingerprint density at radius 3 is 2.19 bits per heavy atom. The summed E-state index contributed by atoms with van der Waals surface area (Å²) in [5.74, 6) is -4.09. The van der Waals surface area contributed by atoms with Crippen molar-refractivity contribution >= 4 is 23.6 Å². The van der Waals surface area contributed by atoms with Crippen LogP contribution in [-0.4, -0.2) is 63.3 Å². The van der Waals surface area contributed by atoms with Gasteiger partial charge in [0.25, 0.3) is 11.8 Å². The standard InChI is InChI=1S/C19H19F3N4O3.C2HF3O2/c20-19(21,22)15-6-11(9-23)7-16(24-15)25-17(28)12-2-1-3-13(8-12)18(29)26-5-4-14(27)10-26;3-2(4,5)1(6)7/h1-3,6-8,14,27H,4-5,9-10,23H2,(H,24,25,28);(H,6,7). The number of rotatable bonds is 4. The molecule has 2 amide bonds. The number of carboxylic acids is 1. The number of aliphatic hydroxyl groups excluding tert-OH is 1. The third kappa shape index (κ3) is 7.91. The molecule has 1 aliphatic rings. The van der Waals surface area contributed by atoms with Gasteiger partial charge >= 0.3 is 18.3 Å². The van der Waals surface area contributed by atoms with Gasteiger partial charge in [0.05, 0.1) is 6.10 Å². The average Bonchev–Trinajstić information content (AvgIpc) is 3.23. The van der Waals surface area contributed by atoms with E-state index in [-0.39, 0.29) is 41.5 Å². The monoisotopic (exact) mass is 522 g/mol. The summed E-state index contributed by atoms with van der Waals surface area (Å²) in [7, 11) is 0. The fourth-order valence-electron chi connectivity index (χ4n) is 3.01. The average molecular weight is 522 g/mol. The fourth-order valence-corrected chi connectivity index (χ4v) is 3.01. The van der Waals surface area contributed by atoms with Gasteiger partial charge in [0, 0.05) is 30.8 Å². The lowest BCUT2D eigenvalue weighted by Crippen LogP contribution is -2.29. The van der Waals surface area contributed by atoms with E-state index >= 15 is 0 Å². The van der Waals surface area contributed by atoms with E-state index in [1.807, 2.05) is 0 Å². The SMILES string of the molecule is NCc1cc(NC(=O)c2cccc(C(=O)N3CCC(O)C3)c2)nc(C(F)(F)F)c1.O=C(O)C(F)(F)F. The number of hydrogen-bond donors (Lipinski definition) is 4. The number of anilines is 1. The van der Waals surface area contributed by atoms with Crippen molar-refractivity contribution in [1.82, 2.24) is 9.88 Å². The number of likely N-dealkylation sites (tertiary alicyclic amines) is 1. The van der Waals surface area contributed by atoms with Crippen LogP contribution in [0.25, 0.3) is 0 Å². The number of aliphatic carboxylic acids is 1. The molecule has 1 unspecified atom stereocenters. The van der Waals surface area contributed by atoms with Crippen molar-refractivity contribution in [3.05, 3.63) is 58.8 Å². The Morgan fingerprint density at radius 1 is 1.08 bits per heavy atom. The Bertz CT molecular complexity index is 1120. The maximum atomic E-state index is 13.0. The summed E-state index contributed by atoms with van der Waals surface area (Å²) in [6, 6.07) is 7.88. The highest BCUT2D eigenvalue weighted by molar-refractivity contribution is 6.05. The predicted octanol–water partition coefficient (Wildman–Crippen LogP) is 2.65. The maximum Gasteiger partial charge on any atom is 0.490 e. The fraction of sp³-hybridized carbons (Fsp3) is 0.333. The van der Waals surface area contributed by atoms with Crippen LogP contribution in [0.3, 0.4) is 0 Å². The molecule has 1 aliphatic heterocycles. The highest BCUT2D eigenvalue weighted by Gasteiger charge is 2.38. The second-order valence-corrected chi connectivity index (χ2v) is 7.48. The van der Waals surface area contributed by atoms with Gasteiger partial charge in [0.2, 0.25) is 0 Å². The molecule has 0 spiro atoms. The number of aliphatic hydroxyl groups is 1. The number of carbonyl (C=O) groups excluding carboxylic acids is 2. The van der Waals surface area contributed by atoms with Crippen LogP contribution in [0.2, 0.25) is 0 Å². The zero-order valence-corrected chi connectivity index (χ0v) is 18.2. The number of nitrogens with zero attached hydrogens (tertiary/aromatic N) is 2. The predicted molar refractivity (Wildman–Crippen MR) is 112 cm³/mol. The summed E-state index contributed by atoms with van der Waals surface area (Å²) in [4.78, 5) is 38.8. The van der Waals surface area contributed by atoms with E-state index in [0.29, 0.717) is 13.0 Å². The van der Waals surface area contributed by atoms with Crippen molar-refractivity contribution in [1.29, 1.82) is 0 Å². The molecule has 2 heterocycles. The van der Waals surface area contributed by atoms with Gasteiger partial charge in [-0.25, -0.2) is 9.78 Å². The summed E-state index contributed by atoms with van der Waals surface area (Å²) in [5.41, 5.74) is 4.76. The first-order chi connectivity index (χ1) is 16.6. The van der Waals surface area contributed by atoms with Crippen molar-refractivity contribution in [2.24, 2.45) is 5.73 Å². The third-order valence-corrected chi connectivity index (χ3v) is 4.72. The molecule has 9 nitrogen and oxygen atoms in total. The van der Waals surface area contributed by atoms with Crippen LogP contribution in [0.15, 0.2) is 36.4 Å². The molecular formula is C21H20F6N4O5. The van der Waals surface area contributed by atoms with Gasteiger partial charge in [-0.1, -0.05) is 6.07 Å². The van der Waals surface area contributed by atoms with Crippen LogP contribution in [0.4, 0.5) is 32.2 Å². The van der Waals surface area contributed by atoms with Gasteiger partial charge in [-0.05, 0) is 42.3 Å². The molecule has 0 aliphatic carbocycles. The minimum Gasteiger partial charge on any atom is -0.475 e. The third-order valence-electron chi connectivity index (χ3n) is 4.72. The highest BCUT2D eigenvalue weighted by Crippen LogP contribution is 2.29. The number of hydrogen-bond acceptors (Lipinski definition) is 6. The quantitative estimate of drug-likeness (QED) is 0.452. The lowest BCUT2D eigenvalue weighted by molar-refractivity contribution is -0.192. The summed E-state index contributed by atoms with van der Waals surface area (Å²) in [5, 5.41) is 19.0. The molecule has 0 saturated carbocycles. The number of nitrogens with one attached hydrogen (secondary N) is 1. The van der Waals surface area contributed by atoms with Gasteiger partial charge in [0.15, 0.2) is 0 Å². The van der Waals surface area contributed by atoms with Crippen LogP contribution in [-0.2, 0) is 17.5 Å². The number of carbonyl (C=O) groups is 3. The van der Waals surface area contributed by atoms with E-state index in [0.717, 1.165) is 6.07 Å². The van der Waals surface area contributed by atoms with Crippen LogP contribution in [0.1, 0.15) is 38.4 Å². The Kier molecular flexibility index (Phi) is 8.99. The molecule has 3 rings (SSSR count). The first kappa shape index (κ1) is 28.5. The maximum absolute atomic E-state index is 13.0. The van der Waals surface area contributed by atoms with Crippen LogP contribution in [0, 0.1) is 0 Å². The topological polar surface area (TPSA) is 146 Å². The number of amides is 2. The minimum absolute atomic E-state index is 0.0871. The Hall–Kier alpha value is -3.72. The van der Waals surface area contributed by atoms with Crippen molar-refractivity contribution < 1.29 is 50.9 Å². The van der Waals surface area contributed by atoms with Crippen LogP contribution in [0.5, 0.6) is 0 Å². The van der Waals surface area contributed by atoms with E-state index in [9.17, 15) is 41.0 Å². The highest BCUT2D eigenvalue weighted by atomic mass is 19.4. The van der Waals surface area contributed by atoms with Gasteiger partial charge in [-0.3, -0.25) is 9.59 Å². The van der Waals surface area contributed by atoms with Gasteiger partial charge in [-0.2, -0.15) is 26.3 Å². The molecular weight excluding hydrogens is 502 g/mol. The molecule has 2 aromatic rings. The van der Waals surface area contributed by atoms with E-state index in [1.165, 1.54) is 35.2 Å². The number of aromatic nitrogens is 1. The van der Waals surface area contributed by atoms with Crippen molar-refractivity contribution in [2.75, 3.05) is 18.4 Å². The van der Waals surface area contributed by atoms with Crippen molar-refractivity contribution in [2.45, 2.75) is 31.4 Å². The van der Waals surface area contributed by atoms with Crippen molar-refractivity contribution in [3.63, 3.8) is 0 Å². The largest absolute Gasteiger partial charge is 0.490 e. The molecule has 1 saturated heterocycles. The van der Waals surface area contributed by atoms with Crippen LogP contribution >= 0.6 is 0 Å². The zero-order valence-electron chi connectivity index (χ0n) is 18.2. The number of nitrogens with two attached hydrogens (primary N) is 1. The van der Waals surface area contributed by atoms with E-state index in [2.05, 4.69) is 10.3 Å². The molecule has 0 bridgehead atoms. The van der Waals surface area contributed by atoms with E-state index in [4.69, 9.17) is 15.6 Å². The summed E-state index contributed by atoms with van der Waals surface area (Å²) >= 11 is 0. The molecule has 5 N–H and O–H groups in total. The molecule has 1 atom stereocenters. The number of β-amino-alcohol motifs (C(OH)–C–C–N with tert-alkyl or cyclic N) is 1. The number of alkyl halides is 6. The van der Waals surface area contributed by atoms with Crippen LogP contribution < -0.4 is 11.1 Å². The number of halogens is 6. The first-order valence-corrected chi connectivity index (χ1v) is 10.1. The molecule has 1 fully saturated rings. The second-order valence-electron chi connectivity index (χ2n) is 7.48. The Labute approximate surface area is 199 Å². The van der Waals surface area contributed by atoms with Gasteiger partial charge in [-0.15, -0.1) is 0 Å². The molecule has 1 aromatic carbocycles. The minimum atomic E-state index is -5.08.